The quantitative estimate of drug-likeness (QED) is 0.610. The van der Waals surface area contributed by atoms with E-state index in [1.807, 2.05) is 4.57 Å². The number of likely N-dealkylation sites (tertiary alicyclic amines) is 1. The van der Waals surface area contributed by atoms with E-state index in [0.29, 0.717) is 22.6 Å². The predicted octanol–water partition coefficient (Wildman–Crippen LogP) is 2.82. The highest BCUT2D eigenvalue weighted by atomic mass is 32.2. The van der Waals surface area contributed by atoms with Crippen LogP contribution in [0.4, 0.5) is 4.39 Å². The molecule has 4 rings (SSSR count). The van der Waals surface area contributed by atoms with Crippen LogP contribution in [0, 0.1) is 5.82 Å². The molecule has 3 heterocycles. The Kier molecular flexibility index (Phi) is 5.18. The average Bonchev–Trinajstić information content (AvgIpc) is 3.13. The van der Waals surface area contributed by atoms with Gasteiger partial charge in [0, 0.05) is 24.1 Å². The van der Waals surface area contributed by atoms with Crippen LogP contribution in [0.2, 0.25) is 0 Å². The molecule has 0 saturated carbocycles. The number of rotatable bonds is 4. The molecule has 9 heteroatoms. The summed E-state index contributed by atoms with van der Waals surface area (Å²) in [4.78, 5) is 14.9. The van der Waals surface area contributed by atoms with Crippen LogP contribution in [0.15, 0.2) is 48.0 Å². The van der Waals surface area contributed by atoms with E-state index in [9.17, 15) is 12.8 Å². The third-order valence-electron chi connectivity index (χ3n) is 5.21. The molecule has 1 fully saturated rings. The summed E-state index contributed by atoms with van der Waals surface area (Å²) in [6.45, 7) is 1.88. The lowest BCUT2D eigenvalue weighted by molar-refractivity contribution is 0.222. The van der Waals surface area contributed by atoms with Gasteiger partial charge in [-0.1, -0.05) is 12.1 Å². The summed E-state index contributed by atoms with van der Waals surface area (Å²) in [6, 6.07) is 8.24. The van der Waals surface area contributed by atoms with Gasteiger partial charge < -0.3 is 9.47 Å². The molecule has 1 aromatic carbocycles. The van der Waals surface area contributed by atoms with Crippen molar-refractivity contribution in [3.63, 3.8) is 0 Å². The molecular weight excluding hydrogens is 393 g/mol. The Labute approximate surface area is 169 Å². The fourth-order valence-electron chi connectivity index (χ4n) is 3.67. The Bertz CT molecular complexity index is 1140. The van der Waals surface area contributed by atoms with Gasteiger partial charge in [0.25, 0.3) is 0 Å². The minimum Gasteiger partial charge on any atom is -0.326 e. The molecule has 0 bridgehead atoms. The Morgan fingerprint density at radius 2 is 1.83 bits per heavy atom. The minimum absolute atomic E-state index is 0.172. The predicted molar refractivity (Wildman–Crippen MR) is 108 cm³/mol. The molecule has 7 nitrogen and oxygen atoms in total. The van der Waals surface area contributed by atoms with Gasteiger partial charge in [0.05, 0.1) is 17.7 Å². The van der Waals surface area contributed by atoms with Crippen molar-refractivity contribution >= 4 is 9.84 Å². The maximum Gasteiger partial charge on any atom is 0.247 e. The largest absolute Gasteiger partial charge is 0.326 e. The van der Waals surface area contributed by atoms with Gasteiger partial charge in [-0.2, -0.15) is 0 Å². The zero-order valence-electron chi connectivity index (χ0n) is 16.3. The molecular formula is C20H22FN5O2S. The molecule has 1 aliphatic rings. The van der Waals surface area contributed by atoms with E-state index in [2.05, 4.69) is 26.9 Å². The number of imidazole rings is 1. The van der Waals surface area contributed by atoms with E-state index in [0.717, 1.165) is 32.2 Å². The van der Waals surface area contributed by atoms with Crippen molar-refractivity contribution < 1.29 is 12.8 Å². The second kappa shape index (κ2) is 7.64. The van der Waals surface area contributed by atoms with Gasteiger partial charge >= 0.3 is 0 Å². The minimum atomic E-state index is -3.58. The molecule has 0 aliphatic carbocycles. The summed E-state index contributed by atoms with van der Waals surface area (Å²) in [5.74, 6) is -0.389. The van der Waals surface area contributed by atoms with Gasteiger partial charge in [-0.3, -0.25) is 0 Å². The number of halogens is 1. The van der Waals surface area contributed by atoms with Crippen LogP contribution in [-0.2, 0) is 9.84 Å². The summed E-state index contributed by atoms with van der Waals surface area (Å²) in [5, 5.41) is -0.259. The van der Waals surface area contributed by atoms with E-state index >= 15 is 0 Å². The van der Waals surface area contributed by atoms with Crippen LogP contribution >= 0.6 is 0 Å². The first kappa shape index (κ1) is 19.7. The zero-order valence-corrected chi connectivity index (χ0v) is 17.1. The van der Waals surface area contributed by atoms with E-state index < -0.39 is 9.84 Å². The number of nitrogens with zero attached hydrogens (tertiary/aromatic N) is 5. The molecule has 0 atom stereocenters. The van der Waals surface area contributed by atoms with Crippen molar-refractivity contribution in [2.75, 3.05) is 26.4 Å². The molecule has 0 radical (unpaired) electrons. The molecule has 0 spiro atoms. The lowest BCUT2D eigenvalue weighted by atomic mass is 10.0. The zero-order chi connectivity index (χ0) is 20.6. The topological polar surface area (TPSA) is 81.0 Å². The molecule has 0 unspecified atom stereocenters. The van der Waals surface area contributed by atoms with Crippen molar-refractivity contribution in [2.45, 2.75) is 24.0 Å². The molecule has 0 amide bonds. The van der Waals surface area contributed by atoms with Gasteiger partial charge in [0.1, 0.15) is 11.5 Å². The number of sulfone groups is 1. The summed E-state index contributed by atoms with van der Waals surface area (Å²) >= 11 is 0. The summed E-state index contributed by atoms with van der Waals surface area (Å²) < 4.78 is 40.5. The second-order valence-corrected chi connectivity index (χ2v) is 9.27. The van der Waals surface area contributed by atoms with Gasteiger partial charge in [-0.15, -0.1) is 0 Å². The normalized spacial score (nSPS) is 16.2. The summed E-state index contributed by atoms with van der Waals surface area (Å²) in [5.41, 5.74) is 1.82. The van der Waals surface area contributed by atoms with Gasteiger partial charge in [0.2, 0.25) is 15.0 Å². The fraction of sp³-hybridized carbons (Fsp3) is 0.350. The lowest BCUT2D eigenvalue weighted by Crippen LogP contribution is -2.31. The van der Waals surface area contributed by atoms with Crippen molar-refractivity contribution in [3.05, 3.63) is 48.7 Å². The van der Waals surface area contributed by atoms with Crippen LogP contribution in [0.3, 0.4) is 0 Å². The summed E-state index contributed by atoms with van der Waals surface area (Å²) in [6.07, 6.45) is 6.02. The first-order valence-corrected chi connectivity index (χ1v) is 11.3. The van der Waals surface area contributed by atoms with Crippen LogP contribution < -0.4 is 0 Å². The smallest absolute Gasteiger partial charge is 0.247 e. The fourth-order valence-corrected chi connectivity index (χ4v) is 4.18. The SMILES string of the molecule is CN1CCC(n2cnc(-c3ccccc3F)c2-c2ccnc(S(C)(=O)=O)n2)CC1. The highest BCUT2D eigenvalue weighted by molar-refractivity contribution is 7.90. The maximum absolute atomic E-state index is 14.6. The number of piperidine rings is 1. The van der Waals surface area contributed by atoms with Crippen LogP contribution in [0.25, 0.3) is 22.6 Å². The average molecular weight is 415 g/mol. The van der Waals surface area contributed by atoms with E-state index in [-0.39, 0.29) is 17.0 Å². The van der Waals surface area contributed by atoms with E-state index in [4.69, 9.17) is 0 Å². The standard InChI is InChI=1S/C20H22FN5O2S/c1-25-11-8-14(9-12-25)26-13-23-18(15-5-3-4-6-16(15)21)19(26)17-7-10-22-20(24-17)29(2,27)28/h3-7,10,13-14H,8-9,11-12H2,1-2H3. The van der Waals surface area contributed by atoms with Crippen molar-refractivity contribution in [1.82, 2.24) is 24.4 Å². The third kappa shape index (κ3) is 3.92. The van der Waals surface area contributed by atoms with Gasteiger partial charge in [-0.05, 0) is 51.2 Å². The highest BCUT2D eigenvalue weighted by Gasteiger charge is 2.26. The Balaban J connectivity index is 1.90. The van der Waals surface area contributed by atoms with Crippen molar-refractivity contribution in [2.24, 2.45) is 0 Å². The Morgan fingerprint density at radius 1 is 1.10 bits per heavy atom. The monoisotopic (exact) mass is 415 g/mol. The van der Waals surface area contributed by atoms with Crippen LogP contribution in [0.1, 0.15) is 18.9 Å². The first-order valence-electron chi connectivity index (χ1n) is 9.38. The first-order chi connectivity index (χ1) is 13.8. The molecule has 0 N–H and O–H groups in total. The molecule has 1 aliphatic heterocycles. The van der Waals surface area contributed by atoms with E-state index in [1.54, 1.807) is 30.6 Å². The molecule has 152 valence electrons. The Morgan fingerprint density at radius 3 is 2.52 bits per heavy atom. The van der Waals surface area contributed by atoms with Gasteiger partial charge in [0.15, 0.2) is 0 Å². The van der Waals surface area contributed by atoms with Crippen LogP contribution in [0.5, 0.6) is 0 Å². The second-order valence-electron chi connectivity index (χ2n) is 7.36. The van der Waals surface area contributed by atoms with Crippen molar-refractivity contribution in [3.8, 4) is 22.6 Å². The van der Waals surface area contributed by atoms with E-state index in [1.165, 1.54) is 12.3 Å². The molecule has 29 heavy (non-hydrogen) atoms. The number of benzene rings is 1. The summed E-state index contributed by atoms with van der Waals surface area (Å²) in [7, 11) is -1.50. The van der Waals surface area contributed by atoms with Crippen molar-refractivity contribution in [1.29, 1.82) is 0 Å². The maximum atomic E-state index is 14.6. The number of hydrogen-bond donors (Lipinski definition) is 0. The lowest BCUT2D eigenvalue weighted by Gasteiger charge is -2.30. The number of aromatic nitrogens is 4. The van der Waals surface area contributed by atoms with Crippen LogP contribution in [-0.4, -0.2) is 59.2 Å². The Hall–Kier alpha value is -2.65. The highest BCUT2D eigenvalue weighted by Crippen LogP contribution is 2.36. The molecule has 1 saturated heterocycles. The molecule has 3 aromatic rings. The number of hydrogen-bond acceptors (Lipinski definition) is 6. The molecule has 2 aromatic heterocycles. The third-order valence-corrected chi connectivity index (χ3v) is 6.07. The van der Waals surface area contributed by atoms with Gasteiger partial charge in [-0.25, -0.2) is 27.8 Å².